The molecule has 0 bridgehead atoms. The van der Waals surface area contributed by atoms with Crippen molar-refractivity contribution in [3.05, 3.63) is 65.4 Å². The molecule has 1 aromatic heterocycles. The van der Waals surface area contributed by atoms with E-state index in [1.807, 2.05) is 41.1 Å². The molecule has 0 N–H and O–H groups in total. The van der Waals surface area contributed by atoms with Crippen molar-refractivity contribution in [2.45, 2.75) is 6.54 Å². The van der Waals surface area contributed by atoms with Crippen LogP contribution in [0.2, 0.25) is 0 Å². The SMILES string of the molecule is COC(=O)c1cccc(Cn2cc(C=O)c3cc(OC)ccc32)c1. The Hall–Kier alpha value is -3.08. The van der Waals surface area contributed by atoms with Gasteiger partial charge in [0.05, 0.1) is 19.8 Å². The monoisotopic (exact) mass is 323 g/mol. The van der Waals surface area contributed by atoms with Crippen LogP contribution in [0.1, 0.15) is 26.3 Å². The number of fused-ring (bicyclic) bond motifs is 1. The molecular formula is C19H17NO4. The van der Waals surface area contributed by atoms with E-state index in [2.05, 4.69) is 0 Å². The number of rotatable bonds is 5. The summed E-state index contributed by atoms with van der Waals surface area (Å²) >= 11 is 0. The number of nitrogens with zero attached hydrogens (tertiary/aromatic N) is 1. The second-order valence-corrected chi connectivity index (χ2v) is 5.41. The zero-order valence-corrected chi connectivity index (χ0v) is 13.5. The first-order valence-electron chi connectivity index (χ1n) is 7.45. The van der Waals surface area contributed by atoms with Crippen molar-refractivity contribution in [3.8, 4) is 5.75 Å². The molecule has 0 radical (unpaired) electrons. The Morgan fingerprint density at radius 2 is 2.00 bits per heavy atom. The van der Waals surface area contributed by atoms with E-state index in [1.165, 1.54) is 7.11 Å². The van der Waals surface area contributed by atoms with Gasteiger partial charge in [-0.2, -0.15) is 0 Å². The molecule has 0 spiro atoms. The van der Waals surface area contributed by atoms with Crippen LogP contribution in [0.5, 0.6) is 5.75 Å². The number of hydrogen-bond donors (Lipinski definition) is 0. The lowest BCUT2D eigenvalue weighted by Crippen LogP contribution is -2.03. The van der Waals surface area contributed by atoms with Gasteiger partial charge in [0.1, 0.15) is 5.75 Å². The van der Waals surface area contributed by atoms with Gasteiger partial charge in [0.2, 0.25) is 0 Å². The van der Waals surface area contributed by atoms with E-state index in [0.29, 0.717) is 23.4 Å². The third-order valence-electron chi connectivity index (χ3n) is 3.95. The first kappa shape index (κ1) is 15.8. The number of carbonyl (C=O) groups excluding carboxylic acids is 2. The van der Waals surface area contributed by atoms with Crippen molar-refractivity contribution in [1.82, 2.24) is 4.57 Å². The third-order valence-corrected chi connectivity index (χ3v) is 3.95. The number of methoxy groups -OCH3 is 2. The summed E-state index contributed by atoms with van der Waals surface area (Å²) in [6.07, 6.45) is 2.64. The van der Waals surface area contributed by atoms with Gasteiger partial charge < -0.3 is 14.0 Å². The van der Waals surface area contributed by atoms with Gasteiger partial charge in [0.25, 0.3) is 0 Å². The van der Waals surface area contributed by atoms with Gasteiger partial charge in [-0.3, -0.25) is 4.79 Å². The Balaban J connectivity index is 2.01. The van der Waals surface area contributed by atoms with Gasteiger partial charge in [-0.15, -0.1) is 0 Å². The predicted molar refractivity (Wildman–Crippen MR) is 90.8 cm³/mol. The summed E-state index contributed by atoms with van der Waals surface area (Å²) in [6.45, 7) is 0.543. The maximum Gasteiger partial charge on any atom is 0.337 e. The van der Waals surface area contributed by atoms with E-state index in [1.54, 1.807) is 19.2 Å². The molecule has 0 fully saturated rings. The summed E-state index contributed by atoms with van der Waals surface area (Å²) in [5, 5.41) is 0.841. The molecule has 5 heteroatoms. The third kappa shape index (κ3) is 2.88. The molecule has 3 aromatic rings. The number of esters is 1. The molecule has 0 aliphatic carbocycles. The Kier molecular flexibility index (Phi) is 4.33. The Labute approximate surface area is 139 Å². The molecule has 1 heterocycles. The minimum absolute atomic E-state index is 0.368. The van der Waals surface area contributed by atoms with Gasteiger partial charge >= 0.3 is 5.97 Å². The van der Waals surface area contributed by atoms with E-state index in [4.69, 9.17) is 9.47 Å². The second-order valence-electron chi connectivity index (χ2n) is 5.41. The summed E-state index contributed by atoms with van der Waals surface area (Å²) in [5.74, 6) is 0.337. The van der Waals surface area contributed by atoms with Crippen LogP contribution < -0.4 is 4.74 Å². The maximum absolute atomic E-state index is 11.7. The minimum Gasteiger partial charge on any atom is -0.497 e. The average Bonchev–Trinajstić information content (AvgIpc) is 2.98. The largest absolute Gasteiger partial charge is 0.497 e. The first-order chi connectivity index (χ1) is 11.7. The van der Waals surface area contributed by atoms with Crippen LogP contribution in [-0.4, -0.2) is 31.0 Å². The molecule has 0 aliphatic heterocycles. The van der Waals surface area contributed by atoms with Gasteiger partial charge in [-0.25, -0.2) is 4.79 Å². The molecule has 122 valence electrons. The van der Waals surface area contributed by atoms with Crippen molar-refractivity contribution in [1.29, 1.82) is 0 Å². The van der Waals surface area contributed by atoms with Crippen molar-refractivity contribution >= 4 is 23.2 Å². The minimum atomic E-state index is -0.368. The quantitative estimate of drug-likeness (QED) is 0.534. The van der Waals surface area contributed by atoms with Crippen LogP contribution in [-0.2, 0) is 11.3 Å². The van der Waals surface area contributed by atoms with Gasteiger partial charge in [-0.1, -0.05) is 12.1 Å². The molecule has 0 amide bonds. The zero-order chi connectivity index (χ0) is 17.1. The van der Waals surface area contributed by atoms with Crippen LogP contribution in [0.3, 0.4) is 0 Å². The summed E-state index contributed by atoms with van der Waals surface area (Å²) in [4.78, 5) is 23.0. The lowest BCUT2D eigenvalue weighted by molar-refractivity contribution is 0.0600. The molecule has 24 heavy (non-hydrogen) atoms. The van der Waals surface area contributed by atoms with Crippen molar-refractivity contribution in [2.75, 3.05) is 14.2 Å². The van der Waals surface area contributed by atoms with Gasteiger partial charge in [-0.05, 0) is 35.9 Å². The molecule has 5 nitrogen and oxygen atoms in total. The standard InChI is InChI=1S/C19H17NO4/c1-23-16-6-7-18-17(9-16)15(12-21)11-20(18)10-13-4-3-5-14(8-13)19(22)24-2/h3-9,11-12H,10H2,1-2H3. The Morgan fingerprint density at radius 3 is 2.71 bits per heavy atom. The Morgan fingerprint density at radius 1 is 1.17 bits per heavy atom. The predicted octanol–water partition coefficient (Wildman–Crippen LogP) is 3.30. The van der Waals surface area contributed by atoms with Crippen molar-refractivity contribution in [2.24, 2.45) is 0 Å². The number of carbonyl (C=O) groups is 2. The molecule has 0 atom stereocenters. The smallest absolute Gasteiger partial charge is 0.337 e. The molecule has 0 saturated heterocycles. The summed E-state index contributed by atoms with van der Waals surface area (Å²) in [7, 11) is 2.95. The highest BCUT2D eigenvalue weighted by atomic mass is 16.5. The van der Waals surface area contributed by atoms with E-state index in [-0.39, 0.29) is 5.97 Å². The van der Waals surface area contributed by atoms with Crippen molar-refractivity contribution < 1.29 is 19.1 Å². The fourth-order valence-corrected chi connectivity index (χ4v) is 2.77. The maximum atomic E-state index is 11.7. The topological polar surface area (TPSA) is 57.5 Å². The number of benzene rings is 2. The molecular weight excluding hydrogens is 306 g/mol. The first-order valence-corrected chi connectivity index (χ1v) is 7.45. The fourth-order valence-electron chi connectivity index (χ4n) is 2.77. The van der Waals surface area contributed by atoms with Gasteiger partial charge in [0.15, 0.2) is 6.29 Å². The van der Waals surface area contributed by atoms with Crippen LogP contribution in [0, 0.1) is 0 Å². The van der Waals surface area contributed by atoms with E-state index >= 15 is 0 Å². The normalized spacial score (nSPS) is 10.6. The average molecular weight is 323 g/mol. The summed E-state index contributed by atoms with van der Waals surface area (Å²) in [6, 6.07) is 12.9. The van der Waals surface area contributed by atoms with Crippen molar-refractivity contribution in [3.63, 3.8) is 0 Å². The summed E-state index contributed by atoms with van der Waals surface area (Å²) in [5.41, 5.74) is 2.99. The van der Waals surface area contributed by atoms with E-state index < -0.39 is 0 Å². The lowest BCUT2D eigenvalue weighted by atomic mass is 10.1. The number of hydrogen-bond acceptors (Lipinski definition) is 4. The molecule has 0 unspecified atom stereocenters. The number of aldehydes is 1. The van der Waals surface area contributed by atoms with Crippen LogP contribution in [0.15, 0.2) is 48.7 Å². The second kappa shape index (κ2) is 6.58. The van der Waals surface area contributed by atoms with Crippen LogP contribution in [0.4, 0.5) is 0 Å². The number of ether oxygens (including phenoxy) is 2. The van der Waals surface area contributed by atoms with Crippen LogP contribution >= 0.6 is 0 Å². The molecule has 0 aliphatic rings. The highest BCUT2D eigenvalue weighted by Gasteiger charge is 2.11. The molecule has 3 rings (SSSR count). The van der Waals surface area contributed by atoms with E-state index in [0.717, 1.165) is 22.8 Å². The zero-order valence-electron chi connectivity index (χ0n) is 13.5. The fraction of sp³-hybridized carbons (Fsp3) is 0.158. The highest BCUT2D eigenvalue weighted by molar-refractivity contribution is 5.98. The van der Waals surface area contributed by atoms with Gasteiger partial charge in [0, 0.05) is 29.2 Å². The molecule has 0 saturated carbocycles. The van der Waals surface area contributed by atoms with Crippen LogP contribution in [0.25, 0.3) is 10.9 Å². The highest BCUT2D eigenvalue weighted by Crippen LogP contribution is 2.26. The van der Waals surface area contributed by atoms with E-state index in [9.17, 15) is 9.59 Å². The molecule has 2 aromatic carbocycles. The summed E-state index contributed by atoms with van der Waals surface area (Å²) < 4.78 is 12.0. The lowest BCUT2D eigenvalue weighted by Gasteiger charge is -2.08. The number of aromatic nitrogens is 1. The Bertz CT molecular complexity index is 911.